The van der Waals surface area contributed by atoms with Gasteiger partial charge in [0.1, 0.15) is 18.4 Å². The monoisotopic (exact) mass is 577 g/mol. The van der Waals surface area contributed by atoms with Gasteiger partial charge in [-0.1, -0.05) is 24.3 Å². The normalized spacial score (nSPS) is 13.7. The summed E-state index contributed by atoms with van der Waals surface area (Å²) in [6, 6.07) is 15.3. The van der Waals surface area contributed by atoms with E-state index in [1.807, 2.05) is 50.2 Å². The minimum absolute atomic E-state index is 0.0976. The van der Waals surface area contributed by atoms with Crippen molar-refractivity contribution in [1.29, 1.82) is 0 Å². The maximum absolute atomic E-state index is 12.3. The van der Waals surface area contributed by atoms with Gasteiger partial charge in [-0.25, -0.2) is 14.3 Å². The summed E-state index contributed by atoms with van der Waals surface area (Å²) in [5.74, 6) is -1.76. The lowest BCUT2D eigenvalue weighted by Crippen LogP contribution is -2.40. The summed E-state index contributed by atoms with van der Waals surface area (Å²) in [7, 11) is 0. The first-order valence-corrected chi connectivity index (χ1v) is 12.7. The lowest BCUT2D eigenvalue weighted by Gasteiger charge is -2.31. The minimum Gasteiger partial charge on any atom is -0.493 e. The number of carboxylic acids is 1. The zero-order chi connectivity index (χ0) is 30.0. The topological polar surface area (TPSA) is 136 Å². The van der Waals surface area contributed by atoms with Crippen molar-refractivity contribution in [2.45, 2.75) is 39.0 Å². The number of likely N-dealkylation sites (tertiary alicyclic amines) is 1. The molecule has 11 nitrogen and oxygen atoms in total. The number of piperidine rings is 1. The largest absolute Gasteiger partial charge is 0.493 e. The van der Waals surface area contributed by atoms with Crippen LogP contribution in [0, 0.1) is 5.92 Å². The molecule has 3 aromatic rings. The predicted octanol–water partition coefficient (Wildman–Crippen LogP) is 4.60. The summed E-state index contributed by atoms with van der Waals surface area (Å²) in [5.41, 5.74) is 5.26. The molecule has 0 saturated carbocycles. The molecule has 0 bridgehead atoms. The molecule has 2 amide bonds. The van der Waals surface area contributed by atoms with Crippen LogP contribution in [0.3, 0.4) is 0 Å². The van der Waals surface area contributed by atoms with E-state index in [2.05, 4.69) is 15.6 Å². The number of aromatic nitrogens is 3. The number of carbonyl (C=O) groups excluding carboxylic acids is 2. The number of carbonyl (C=O) groups is 3. The van der Waals surface area contributed by atoms with Gasteiger partial charge in [-0.05, 0) is 68.0 Å². The molecule has 1 aliphatic heterocycles. The van der Waals surface area contributed by atoms with Gasteiger partial charge in [0.05, 0.1) is 12.7 Å². The zero-order valence-electron chi connectivity index (χ0n) is 22.4. The molecule has 1 aromatic heterocycles. The van der Waals surface area contributed by atoms with Crippen molar-refractivity contribution in [2.75, 3.05) is 25.1 Å². The second kappa shape index (κ2) is 14.1. The van der Waals surface area contributed by atoms with E-state index in [0.717, 1.165) is 29.7 Å². The quantitative estimate of drug-likeness (QED) is 0.416. The molecule has 2 aromatic carbocycles. The lowest BCUT2D eigenvalue weighted by molar-refractivity contribution is -0.192. The van der Waals surface area contributed by atoms with Crippen LogP contribution in [0.5, 0.6) is 5.75 Å². The predicted molar refractivity (Wildman–Crippen MR) is 141 cm³/mol. The number of nitrogens with zero attached hydrogens (tertiary/aromatic N) is 4. The van der Waals surface area contributed by atoms with E-state index in [1.165, 1.54) is 17.3 Å². The molecule has 0 unspecified atom stereocenters. The van der Waals surface area contributed by atoms with E-state index < -0.39 is 12.1 Å². The van der Waals surface area contributed by atoms with Crippen molar-refractivity contribution in [3.8, 4) is 16.9 Å². The highest BCUT2D eigenvalue weighted by Gasteiger charge is 2.38. The van der Waals surface area contributed by atoms with Gasteiger partial charge in [-0.3, -0.25) is 10.2 Å². The van der Waals surface area contributed by atoms with Crippen molar-refractivity contribution in [2.24, 2.45) is 5.92 Å². The standard InChI is InChI=1S/C25H29N5O4.C2HF3O2/c1-18(2)34-25(32)29-13-11-19(12-14-29)15-33-23-9-7-21(8-10-23)20-3-5-22(6-4-20)24(31)28-30-16-26-27-17-30;3-2(4,5)1(6)7/h3-10,16-19H,11-15H2,1-2H3,(H,28,31);(H,6,7). The van der Waals surface area contributed by atoms with Crippen molar-refractivity contribution in [3.05, 3.63) is 66.7 Å². The summed E-state index contributed by atoms with van der Waals surface area (Å²) in [4.78, 5) is 34.9. The Balaban J connectivity index is 0.000000587. The molecule has 14 heteroatoms. The van der Waals surface area contributed by atoms with Crippen molar-refractivity contribution >= 4 is 18.0 Å². The van der Waals surface area contributed by atoms with Crippen LogP contribution in [0.4, 0.5) is 18.0 Å². The smallest absolute Gasteiger partial charge is 0.490 e. The zero-order valence-corrected chi connectivity index (χ0v) is 22.4. The molecule has 1 fully saturated rings. The average molecular weight is 578 g/mol. The lowest BCUT2D eigenvalue weighted by atomic mass is 9.98. The molecule has 2 heterocycles. The number of ether oxygens (including phenoxy) is 2. The van der Waals surface area contributed by atoms with Gasteiger partial charge in [0.25, 0.3) is 5.91 Å². The molecule has 0 radical (unpaired) electrons. The third-order valence-corrected chi connectivity index (χ3v) is 5.92. The van der Waals surface area contributed by atoms with Gasteiger partial charge in [-0.15, -0.1) is 10.2 Å². The highest BCUT2D eigenvalue weighted by molar-refractivity contribution is 6.00. The molecule has 4 rings (SSSR count). The highest BCUT2D eigenvalue weighted by atomic mass is 19.4. The number of halogens is 3. The fourth-order valence-electron chi connectivity index (χ4n) is 3.77. The van der Waals surface area contributed by atoms with Gasteiger partial charge in [0, 0.05) is 18.7 Å². The minimum atomic E-state index is -5.08. The number of benzene rings is 2. The summed E-state index contributed by atoms with van der Waals surface area (Å²) in [5, 5.41) is 14.4. The maximum Gasteiger partial charge on any atom is 0.490 e. The van der Waals surface area contributed by atoms with Crippen molar-refractivity contribution < 1.29 is 42.1 Å². The third kappa shape index (κ3) is 9.81. The summed E-state index contributed by atoms with van der Waals surface area (Å²) < 4.78 is 44.4. The van der Waals surface area contributed by atoms with Crippen LogP contribution in [0.15, 0.2) is 61.2 Å². The molecular weight excluding hydrogens is 547 g/mol. The Labute approximate surface area is 233 Å². The van der Waals surface area contributed by atoms with Crippen LogP contribution in [0.1, 0.15) is 37.0 Å². The van der Waals surface area contributed by atoms with Gasteiger partial charge in [-0.2, -0.15) is 13.2 Å². The Morgan fingerprint density at radius 2 is 1.49 bits per heavy atom. The Morgan fingerprint density at radius 3 is 1.98 bits per heavy atom. The van der Waals surface area contributed by atoms with Crippen LogP contribution in [-0.2, 0) is 9.53 Å². The van der Waals surface area contributed by atoms with E-state index in [-0.39, 0.29) is 18.1 Å². The number of hydrogen-bond donors (Lipinski definition) is 2. The molecule has 0 atom stereocenters. The van der Waals surface area contributed by atoms with E-state index >= 15 is 0 Å². The van der Waals surface area contributed by atoms with Crippen LogP contribution >= 0.6 is 0 Å². The summed E-state index contributed by atoms with van der Waals surface area (Å²) >= 11 is 0. The number of carboxylic acid groups (broad SMARTS) is 1. The molecule has 220 valence electrons. The number of alkyl halides is 3. The summed E-state index contributed by atoms with van der Waals surface area (Å²) in [6.07, 6.45) is -0.759. The van der Waals surface area contributed by atoms with Gasteiger partial charge >= 0.3 is 18.2 Å². The average Bonchev–Trinajstić information content (AvgIpc) is 3.45. The number of rotatable bonds is 7. The molecule has 1 saturated heterocycles. The molecule has 0 aliphatic carbocycles. The first-order valence-electron chi connectivity index (χ1n) is 12.7. The highest BCUT2D eigenvalue weighted by Crippen LogP contribution is 2.25. The van der Waals surface area contributed by atoms with E-state index in [4.69, 9.17) is 19.4 Å². The second-order valence-corrected chi connectivity index (χ2v) is 9.39. The van der Waals surface area contributed by atoms with E-state index in [1.54, 1.807) is 17.0 Å². The van der Waals surface area contributed by atoms with Gasteiger partial charge in [0.2, 0.25) is 0 Å². The van der Waals surface area contributed by atoms with Gasteiger partial charge in [0.15, 0.2) is 0 Å². The van der Waals surface area contributed by atoms with E-state index in [9.17, 15) is 22.8 Å². The van der Waals surface area contributed by atoms with Crippen LogP contribution in [-0.4, -0.2) is 74.8 Å². The fraction of sp³-hybridized carbons (Fsp3) is 0.370. The molecule has 0 spiro atoms. The fourth-order valence-corrected chi connectivity index (χ4v) is 3.77. The molecule has 41 heavy (non-hydrogen) atoms. The van der Waals surface area contributed by atoms with Crippen LogP contribution in [0.25, 0.3) is 11.1 Å². The van der Waals surface area contributed by atoms with Crippen molar-refractivity contribution in [1.82, 2.24) is 19.8 Å². The number of amides is 2. The Bertz CT molecular complexity index is 1270. The van der Waals surface area contributed by atoms with Crippen molar-refractivity contribution in [3.63, 3.8) is 0 Å². The molecule has 1 aliphatic rings. The Kier molecular flexibility index (Phi) is 10.7. The number of aliphatic carboxylic acids is 1. The first kappa shape index (κ1) is 30.9. The third-order valence-electron chi connectivity index (χ3n) is 5.92. The summed E-state index contributed by atoms with van der Waals surface area (Å²) in [6.45, 7) is 5.75. The molecular formula is C27H30F3N5O6. The maximum atomic E-state index is 12.3. The van der Waals surface area contributed by atoms with Gasteiger partial charge < -0.3 is 19.5 Å². The molecule has 2 N–H and O–H groups in total. The second-order valence-electron chi connectivity index (χ2n) is 9.39. The first-order chi connectivity index (χ1) is 19.4. The van der Waals surface area contributed by atoms with E-state index in [0.29, 0.717) is 31.2 Å². The number of hydrogen-bond acceptors (Lipinski definition) is 7. The Hall–Kier alpha value is -4.62. The van der Waals surface area contributed by atoms with Crippen LogP contribution in [0.2, 0.25) is 0 Å². The Morgan fingerprint density at radius 1 is 0.976 bits per heavy atom. The van der Waals surface area contributed by atoms with Crippen LogP contribution < -0.4 is 10.2 Å². The number of nitrogens with one attached hydrogen (secondary N) is 1. The SMILES string of the molecule is CC(C)OC(=O)N1CCC(COc2ccc(-c3ccc(C(=O)Nn4cnnc4)cc3)cc2)CC1.O=C(O)C(F)(F)F.